The van der Waals surface area contributed by atoms with E-state index in [0.29, 0.717) is 72.0 Å². The molecule has 2 aliphatic rings. The number of aliphatic hydroxyl groups excluding tert-OH is 2. The number of likely N-dealkylation sites (tertiary alicyclic amines) is 1. The molecule has 11 nitrogen and oxygen atoms in total. The Balaban J connectivity index is 1.12. The second kappa shape index (κ2) is 14.7. The minimum atomic E-state index is -0.461. The van der Waals surface area contributed by atoms with Crippen LogP contribution < -0.4 is 20.9 Å². The fraction of sp³-hybridized carbons (Fsp3) is 0.316. The van der Waals surface area contributed by atoms with Gasteiger partial charge in [-0.2, -0.15) is 0 Å². The Hall–Kier alpha value is -4.36. The molecule has 7 rings (SSSR count). The number of rotatable bonds is 12. The van der Waals surface area contributed by atoms with Crippen molar-refractivity contribution in [1.29, 1.82) is 0 Å². The van der Waals surface area contributed by atoms with E-state index in [9.17, 15) is 19.8 Å². The third-order valence-corrected chi connectivity index (χ3v) is 10.6. The fourth-order valence-corrected chi connectivity index (χ4v) is 7.60. The molecule has 13 heteroatoms. The van der Waals surface area contributed by atoms with Crippen LogP contribution in [0.3, 0.4) is 0 Å². The highest BCUT2D eigenvalue weighted by Gasteiger charge is 2.42. The van der Waals surface area contributed by atoms with Crippen molar-refractivity contribution in [1.82, 2.24) is 29.9 Å². The first kappa shape index (κ1) is 35.1. The number of fused-ring (bicyclic) bond motifs is 1. The van der Waals surface area contributed by atoms with E-state index in [2.05, 4.69) is 20.5 Å². The summed E-state index contributed by atoms with van der Waals surface area (Å²) >= 11 is 14.2. The summed E-state index contributed by atoms with van der Waals surface area (Å²) in [6.45, 7) is 2.59. The highest BCUT2D eigenvalue weighted by molar-refractivity contribution is 6.39. The molecule has 4 N–H and O–H groups in total. The summed E-state index contributed by atoms with van der Waals surface area (Å²) in [6.07, 6.45) is 4.61. The number of carbonyl (C=O) groups is 1. The number of aliphatic hydroxyl groups is 2. The lowest BCUT2D eigenvalue weighted by molar-refractivity contribution is -0.119. The third kappa shape index (κ3) is 6.97. The minimum absolute atomic E-state index is 0.0543. The van der Waals surface area contributed by atoms with Crippen molar-refractivity contribution in [3.8, 4) is 39.4 Å². The molecule has 51 heavy (non-hydrogen) atoms. The van der Waals surface area contributed by atoms with Crippen molar-refractivity contribution in [3.63, 3.8) is 0 Å². The number of hydrogen-bond acceptors (Lipinski definition) is 9. The van der Waals surface area contributed by atoms with E-state index in [0.717, 1.165) is 39.8 Å². The van der Waals surface area contributed by atoms with Crippen LogP contribution in [0.2, 0.25) is 10.0 Å². The fourth-order valence-electron chi connectivity index (χ4n) is 6.94. The number of benzene rings is 2. The van der Waals surface area contributed by atoms with E-state index in [1.54, 1.807) is 19.5 Å². The Morgan fingerprint density at radius 1 is 0.961 bits per heavy atom. The maximum Gasteiger partial charge on any atom is 0.262 e. The highest BCUT2D eigenvalue weighted by atomic mass is 35.5. The van der Waals surface area contributed by atoms with Crippen LogP contribution in [0, 0.1) is 5.41 Å². The molecule has 2 aromatic carbocycles. The molecular weight excluding hydrogens is 691 g/mol. The number of hydrogen-bond donors (Lipinski definition) is 4. The normalized spacial score (nSPS) is 17.0. The predicted molar refractivity (Wildman–Crippen MR) is 197 cm³/mol. The van der Waals surface area contributed by atoms with Gasteiger partial charge in [0.05, 0.1) is 36.1 Å². The molecule has 0 radical (unpaired) electrons. The van der Waals surface area contributed by atoms with E-state index in [4.69, 9.17) is 32.9 Å². The van der Waals surface area contributed by atoms with Crippen molar-refractivity contribution in [3.05, 3.63) is 105 Å². The van der Waals surface area contributed by atoms with Gasteiger partial charge in [0.2, 0.25) is 11.8 Å². The van der Waals surface area contributed by atoms with Gasteiger partial charge in [0.15, 0.2) is 0 Å². The topological polar surface area (TPSA) is 141 Å². The van der Waals surface area contributed by atoms with E-state index < -0.39 is 5.41 Å². The molecule has 2 aliphatic heterocycles. The zero-order valence-electron chi connectivity index (χ0n) is 28.0. The summed E-state index contributed by atoms with van der Waals surface area (Å²) in [5, 5.41) is 26.5. The molecule has 1 amide bonds. The van der Waals surface area contributed by atoms with E-state index >= 15 is 0 Å². The van der Waals surface area contributed by atoms with Crippen molar-refractivity contribution in [2.24, 2.45) is 5.41 Å². The van der Waals surface area contributed by atoms with Gasteiger partial charge >= 0.3 is 0 Å². The largest absolute Gasteiger partial charge is 0.481 e. The molecule has 2 fully saturated rings. The van der Waals surface area contributed by atoms with E-state index in [1.807, 2.05) is 60.7 Å². The summed E-state index contributed by atoms with van der Waals surface area (Å²) < 4.78 is 7.18. The summed E-state index contributed by atoms with van der Waals surface area (Å²) in [5.74, 6) is 0.536. The van der Waals surface area contributed by atoms with Crippen LogP contribution in [0.4, 0.5) is 0 Å². The number of methoxy groups -OCH3 is 1. The summed E-state index contributed by atoms with van der Waals surface area (Å²) in [6, 6.07) is 19.1. The van der Waals surface area contributed by atoms with E-state index in [-0.39, 0.29) is 30.7 Å². The molecule has 0 aliphatic carbocycles. The van der Waals surface area contributed by atoms with Gasteiger partial charge in [-0.3, -0.25) is 18.9 Å². The number of pyridine rings is 2. The summed E-state index contributed by atoms with van der Waals surface area (Å²) in [7, 11) is 1.58. The van der Waals surface area contributed by atoms with Gasteiger partial charge in [-0.1, -0.05) is 65.7 Å². The number of carbonyl (C=O) groups excluding carboxylic acids is 1. The molecule has 1 atom stereocenters. The summed E-state index contributed by atoms with van der Waals surface area (Å²) in [4.78, 5) is 36.2. The number of aromatic nitrogens is 3. The van der Waals surface area contributed by atoms with Crippen molar-refractivity contribution in [2.45, 2.75) is 32.0 Å². The van der Waals surface area contributed by atoms with Crippen LogP contribution in [-0.4, -0.2) is 81.4 Å². The smallest absolute Gasteiger partial charge is 0.262 e. The quantitative estimate of drug-likeness (QED) is 0.146. The molecule has 0 saturated carbocycles. The summed E-state index contributed by atoms with van der Waals surface area (Å²) in [5.41, 5.74) is 5.68. The predicted octanol–water partition coefficient (Wildman–Crippen LogP) is 4.56. The minimum Gasteiger partial charge on any atom is -0.481 e. The number of nitrogens with one attached hydrogen (secondary N) is 2. The second-order valence-electron chi connectivity index (χ2n) is 13.3. The first-order chi connectivity index (χ1) is 24.7. The number of amides is 1. The lowest BCUT2D eigenvalue weighted by Gasteiger charge is -2.48. The number of ether oxygens (including phenoxy) is 1. The van der Waals surface area contributed by atoms with E-state index in [1.165, 1.54) is 4.40 Å². The molecule has 264 valence electrons. The van der Waals surface area contributed by atoms with Crippen LogP contribution in [0.1, 0.15) is 24.0 Å². The van der Waals surface area contributed by atoms with Gasteiger partial charge in [0, 0.05) is 96.4 Å². The lowest BCUT2D eigenvalue weighted by atomic mass is 9.81. The number of nitrogens with zero attached hydrogens (tertiary/aromatic N) is 4. The monoisotopic (exact) mass is 728 g/mol. The Kier molecular flexibility index (Phi) is 10.1. The molecule has 0 spiro atoms. The molecule has 3 aromatic heterocycles. The Morgan fingerprint density at radius 2 is 1.67 bits per heavy atom. The van der Waals surface area contributed by atoms with Gasteiger partial charge in [-0.25, -0.2) is 9.97 Å². The average molecular weight is 730 g/mol. The van der Waals surface area contributed by atoms with Gasteiger partial charge < -0.3 is 25.6 Å². The zero-order chi connectivity index (χ0) is 35.7. The Morgan fingerprint density at radius 3 is 2.35 bits per heavy atom. The standard InChI is InChI=1S/C38H38Cl2N6O5/c1-51-36-24(18-45-19-38(20-45,21-47)22-48)8-10-31(44-36)30-7-3-6-29(35(30)40)28-5-2-4-27(34(28)39)23-12-13-46-32(14-23)42-16-25(37(46)50)15-41-17-26-9-11-33(49)43-26/h2-8,10,12-14,16,26,41,47-48H,9,11,15,17-22H2,1H3,(H,43,49)/t26-/m1/s1. The first-order valence-corrected chi connectivity index (χ1v) is 17.5. The van der Waals surface area contributed by atoms with Crippen LogP contribution in [-0.2, 0) is 17.9 Å². The van der Waals surface area contributed by atoms with Gasteiger partial charge in [0.25, 0.3) is 5.56 Å². The van der Waals surface area contributed by atoms with Crippen molar-refractivity contribution < 1.29 is 19.7 Å². The Labute approximate surface area is 304 Å². The van der Waals surface area contributed by atoms with Gasteiger partial charge in [0.1, 0.15) is 5.65 Å². The molecule has 0 bridgehead atoms. The maximum atomic E-state index is 13.3. The van der Waals surface area contributed by atoms with Gasteiger partial charge in [-0.15, -0.1) is 0 Å². The molecular formula is C38H38Cl2N6O5. The van der Waals surface area contributed by atoms with Gasteiger partial charge in [-0.05, 0) is 30.2 Å². The number of halogens is 2. The van der Waals surface area contributed by atoms with Crippen LogP contribution in [0.5, 0.6) is 5.88 Å². The first-order valence-electron chi connectivity index (χ1n) is 16.8. The SMILES string of the molecule is COc1nc(-c2cccc(-c3cccc(-c4ccn5c(=O)c(CNC[C@H]6CCC(=O)N6)cnc5c4)c3Cl)c2Cl)ccc1CN1CC(CO)(CO)C1. The molecule has 0 unspecified atom stereocenters. The van der Waals surface area contributed by atoms with Crippen LogP contribution in [0.25, 0.3) is 39.2 Å². The maximum absolute atomic E-state index is 13.3. The highest BCUT2D eigenvalue weighted by Crippen LogP contribution is 2.42. The molecule has 5 aromatic rings. The average Bonchev–Trinajstić information content (AvgIpc) is 3.55. The third-order valence-electron chi connectivity index (χ3n) is 9.76. The van der Waals surface area contributed by atoms with Crippen LogP contribution in [0.15, 0.2) is 77.9 Å². The molecule has 2 saturated heterocycles. The second-order valence-corrected chi connectivity index (χ2v) is 14.1. The zero-order valence-corrected chi connectivity index (χ0v) is 29.5. The molecule has 5 heterocycles. The lowest BCUT2D eigenvalue weighted by Crippen LogP contribution is -2.59. The van der Waals surface area contributed by atoms with Crippen LogP contribution >= 0.6 is 23.2 Å². The van der Waals surface area contributed by atoms with Crippen molar-refractivity contribution in [2.75, 3.05) is 40.0 Å². The van der Waals surface area contributed by atoms with Crippen molar-refractivity contribution >= 4 is 34.8 Å². The Bertz CT molecular complexity index is 2160.